The molecule has 0 radical (unpaired) electrons. The minimum absolute atomic E-state index is 0.0582. The van der Waals surface area contributed by atoms with Crippen LogP contribution in [0.15, 0.2) is 59.4 Å². The summed E-state index contributed by atoms with van der Waals surface area (Å²) in [4.78, 5) is 16.8. The first-order valence-electron chi connectivity index (χ1n) is 9.69. The van der Waals surface area contributed by atoms with Gasteiger partial charge in [0.25, 0.3) is 5.56 Å². The van der Waals surface area contributed by atoms with E-state index >= 15 is 0 Å². The maximum atomic E-state index is 13.8. The molecule has 150 valence electrons. The predicted octanol–water partition coefficient (Wildman–Crippen LogP) is 3.85. The topological polar surface area (TPSA) is 56.3 Å². The number of aliphatic hydroxyl groups is 1. The number of pyridine rings is 1. The first-order chi connectivity index (χ1) is 14.0. The fourth-order valence-corrected chi connectivity index (χ4v) is 3.84. The second-order valence-electron chi connectivity index (χ2n) is 7.33. The van der Waals surface area contributed by atoms with E-state index in [4.69, 9.17) is 0 Å². The van der Waals surface area contributed by atoms with E-state index in [9.17, 15) is 18.7 Å². The van der Waals surface area contributed by atoms with Gasteiger partial charge in [0.1, 0.15) is 17.9 Å². The Labute approximate surface area is 167 Å². The summed E-state index contributed by atoms with van der Waals surface area (Å²) in [5.41, 5.74) is 2.17. The van der Waals surface area contributed by atoms with Crippen molar-refractivity contribution < 1.29 is 13.9 Å². The van der Waals surface area contributed by atoms with Gasteiger partial charge in [-0.2, -0.15) is 0 Å². The van der Waals surface area contributed by atoms with E-state index < -0.39 is 17.6 Å². The van der Waals surface area contributed by atoms with Gasteiger partial charge < -0.3 is 10.1 Å². The van der Waals surface area contributed by atoms with Gasteiger partial charge in [0.2, 0.25) is 0 Å². The lowest BCUT2D eigenvalue weighted by molar-refractivity contribution is 0.00492. The van der Waals surface area contributed by atoms with Crippen LogP contribution in [-0.4, -0.2) is 34.3 Å². The van der Waals surface area contributed by atoms with E-state index in [2.05, 4.69) is 4.98 Å². The van der Waals surface area contributed by atoms with Crippen molar-refractivity contribution in [1.82, 2.24) is 9.88 Å². The highest BCUT2D eigenvalue weighted by atomic mass is 19.1. The van der Waals surface area contributed by atoms with Crippen LogP contribution in [-0.2, 0) is 6.42 Å². The fourth-order valence-electron chi connectivity index (χ4n) is 3.84. The minimum Gasteiger partial charge on any atom is -0.378 e. The average Bonchev–Trinajstić information content (AvgIpc) is 2.72. The molecule has 2 aromatic carbocycles. The summed E-state index contributed by atoms with van der Waals surface area (Å²) in [6, 6.07) is 12.8. The van der Waals surface area contributed by atoms with E-state index in [1.807, 2.05) is 17.0 Å². The molecule has 29 heavy (non-hydrogen) atoms. The van der Waals surface area contributed by atoms with Crippen molar-refractivity contribution in [2.75, 3.05) is 13.1 Å². The van der Waals surface area contributed by atoms with Crippen LogP contribution in [0, 0.1) is 11.6 Å². The highest BCUT2D eigenvalue weighted by Gasteiger charge is 2.20. The van der Waals surface area contributed by atoms with Crippen LogP contribution >= 0.6 is 0 Å². The molecule has 4 nitrogen and oxygen atoms in total. The van der Waals surface area contributed by atoms with E-state index in [1.165, 1.54) is 18.2 Å². The molecule has 0 spiro atoms. The lowest BCUT2D eigenvalue weighted by Crippen LogP contribution is -2.38. The monoisotopic (exact) mass is 396 g/mol. The number of aliphatic hydroxyl groups excluding tert-OH is 1. The SMILES string of the molecule is O=c1[nH]c(CCC(O)N2CC=C(c3cccc(F)c3)CC2)cc2cccc(F)c12. The zero-order valence-electron chi connectivity index (χ0n) is 15.9. The van der Waals surface area contributed by atoms with Gasteiger partial charge in [0.05, 0.1) is 5.39 Å². The molecule has 3 aromatic rings. The molecular weight excluding hydrogens is 374 g/mol. The van der Waals surface area contributed by atoms with Gasteiger partial charge in [-0.1, -0.05) is 30.3 Å². The number of H-pyrrole nitrogens is 1. The largest absolute Gasteiger partial charge is 0.378 e. The second kappa shape index (κ2) is 8.27. The van der Waals surface area contributed by atoms with Gasteiger partial charge in [-0.05, 0) is 60.1 Å². The molecule has 0 amide bonds. The third-order valence-corrected chi connectivity index (χ3v) is 5.41. The van der Waals surface area contributed by atoms with Gasteiger partial charge in [0.15, 0.2) is 0 Å². The smallest absolute Gasteiger partial charge is 0.258 e. The fraction of sp³-hybridized carbons (Fsp3) is 0.261. The van der Waals surface area contributed by atoms with Crippen LogP contribution in [0.4, 0.5) is 8.78 Å². The third-order valence-electron chi connectivity index (χ3n) is 5.41. The standard InChI is InChI=1S/C23H22F2N2O2/c24-18-5-1-3-16(13-18)15-9-11-27(12-10-15)21(28)8-7-19-14-17-4-2-6-20(25)22(17)23(29)26-19/h1-6,9,13-14,21,28H,7-8,10-12H2,(H,26,29). The molecule has 1 aliphatic heterocycles. The number of hydrogen-bond acceptors (Lipinski definition) is 3. The Morgan fingerprint density at radius 1 is 1.14 bits per heavy atom. The Bertz CT molecular complexity index is 1120. The number of rotatable bonds is 5. The molecule has 4 rings (SSSR count). The van der Waals surface area contributed by atoms with Crippen LogP contribution in [0.1, 0.15) is 24.1 Å². The summed E-state index contributed by atoms with van der Waals surface area (Å²) in [6.07, 6.45) is 3.00. The van der Waals surface area contributed by atoms with Crippen LogP contribution in [0.3, 0.4) is 0 Å². The summed E-state index contributed by atoms with van der Waals surface area (Å²) in [7, 11) is 0. The Kier molecular flexibility index (Phi) is 5.56. The molecular formula is C23H22F2N2O2. The summed E-state index contributed by atoms with van der Waals surface area (Å²) in [5.74, 6) is -0.792. The van der Waals surface area contributed by atoms with Crippen molar-refractivity contribution in [3.63, 3.8) is 0 Å². The Hall–Kier alpha value is -2.83. The van der Waals surface area contributed by atoms with Gasteiger partial charge in [-0.25, -0.2) is 8.78 Å². The number of fused-ring (bicyclic) bond motifs is 1. The maximum absolute atomic E-state index is 13.8. The molecule has 2 N–H and O–H groups in total. The first kappa shape index (κ1) is 19.5. The highest BCUT2D eigenvalue weighted by molar-refractivity contribution is 5.82. The van der Waals surface area contributed by atoms with E-state index in [0.717, 1.165) is 17.6 Å². The molecule has 1 aliphatic rings. The van der Waals surface area contributed by atoms with Crippen molar-refractivity contribution in [3.8, 4) is 0 Å². The molecule has 0 fully saturated rings. The number of nitrogens with one attached hydrogen (secondary N) is 1. The summed E-state index contributed by atoms with van der Waals surface area (Å²) < 4.78 is 27.2. The van der Waals surface area contributed by atoms with Crippen LogP contribution < -0.4 is 5.56 Å². The number of hydrogen-bond donors (Lipinski definition) is 2. The van der Waals surface area contributed by atoms with E-state index in [1.54, 1.807) is 24.3 Å². The van der Waals surface area contributed by atoms with Crippen LogP contribution in [0.2, 0.25) is 0 Å². The van der Waals surface area contributed by atoms with E-state index in [0.29, 0.717) is 37.0 Å². The predicted molar refractivity (Wildman–Crippen MR) is 109 cm³/mol. The van der Waals surface area contributed by atoms with Crippen molar-refractivity contribution in [1.29, 1.82) is 0 Å². The molecule has 0 saturated carbocycles. The highest BCUT2D eigenvalue weighted by Crippen LogP contribution is 2.24. The molecule has 1 aromatic heterocycles. The molecule has 6 heteroatoms. The van der Waals surface area contributed by atoms with Crippen molar-refractivity contribution in [2.45, 2.75) is 25.5 Å². The third kappa shape index (κ3) is 4.28. The second-order valence-corrected chi connectivity index (χ2v) is 7.33. The number of nitrogens with zero attached hydrogens (tertiary/aromatic N) is 1. The van der Waals surface area contributed by atoms with Gasteiger partial charge >= 0.3 is 0 Å². The Balaban J connectivity index is 1.40. The molecule has 2 heterocycles. The number of benzene rings is 2. The molecule has 0 aliphatic carbocycles. The van der Waals surface area contributed by atoms with Crippen LogP contribution in [0.5, 0.6) is 0 Å². The first-order valence-corrected chi connectivity index (χ1v) is 9.69. The molecule has 0 bridgehead atoms. The quantitative estimate of drug-likeness (QED) is 0.689. The molecule has 1 unspecified atom stereocenters. The van der Waals surface area contributed by atoms with Gasteiger partial charge in [0, 0.05) is 18.8 Å². The lowest BCUT2D eigenvalue weighted by Gasteiger charge is -2.31. The number of aromatic nitrogens is 1. The number of halogens is 2. The van der Waals surface area contributed by atoms with E-state index in [-0.39, 0.29) is 11.2 Å². The Morgan fingerprint density at radius 2 is 1.97 bits per heavy atom. The van der Waals surface area contributed by atoms with Gasteiger partial charge in [-0.3, -0.25) is 9.69 Å². The summed E-state index contributed by atoms with van der Waals surface area (Å²) >= 11 is 0. The minimum atomic E-state index is -0.660. The lowest BCUT2D eigenvalue weighted by atomic mass is 9.99. The van der Waals surface area contributed by atoms with Crippen molar-refractivity contribution >= 4 is 16.3 Å². The van der Waals surface area contributed by atoms with Crippen molar-refractivity contribution in [3.05, 3.63) is 87.9 Å². The molecule has 1 atom stereocenters. The summed E-state index contributed by atoms with van der Waals surface area (Å²) in [5, 5.41) is 11.2. The Morgan fingerprint density at radius 3 is 2.72 bits per heavy atom. The van der Waals surface area contributed by atoms with Crippen LogP contribution in [0.25, 0.3) is 16.3 Å². The maximum Gasteiger partial charge on any atom is 0.258 e. The number of aryl methyl sites for hydroxylation is 1. The number of aromatic amines is 1. The van der Waals surface area contributed by atoms with Crippen molar-refractivity contribution in [2.24, 2.45) is 0 Å². The molecule has 0 saturated heterocycles. The average molecular weight is 396 g/mol. The zero-order valence-corrected chi connectivity index (χ0v) is 15.9. The summed E-state index contributed by atoms with van der Waals surface area (Å²) in [6.45, 7) is 1.25. The normalized spacial score (nSPS) is 16.0. The zero-order chi connectivity index (χ0) is 20.4. The van der Waals surface area contributed by atoms with Gasteiger partial charge in [-0.15, -0.1) is 0 Å².